The van der Waals surface area contributed by atoms with E-state index in [4.69, 9.17) is 4.74 Å². The van der Waals surface area contributed by atoms with Crippen molar-refractivity contribution in [1.29, 1.82) is 0 Å². The van der Waals surface area contributed by atoms with Crippen molar-refractivity contribution in [2.24, 2.45) is 5.92 Å². The molecule has 1 N–H and O–H groups in total. The first-order valence-corrected chi connectivity index (χ1v) is 10.3. The summed E-state index contributed by atoms with van der Waals surface area (Å²) in [6.45, 7) is 5.65. The number of fused-ring (bicyclic) bond motifs is 1. The summed E-state index contributed by atoms with van der Waals surface area (Å²) in [5, 5.41) is 2.75. The van der Waals surface area contributed by atoms with Crippen LogP contribution in [0.2, 0.25) is 0 Å². The number of benzene rings is 1. The van der Waals surface area contributed by atoms with Crippen LogP contribution in [0.4, 0.5) is 0 Å². The van der Waals surface area contributed by atoms with E-state index in [1.54, 1.807) is 7.05 Å². The lowest BCUT2D eigenvalue weighted by atomic mass is 9.76. The van der Waals surface area contributed by atoms with E-state index in [0.29, 0.717) is 6.42 Å². The van der Waals surface area contributed by atoms with E-state index >= 15 is 0 Å². The average molecular weight is 373 g/mol. The van der Waals surface area contributed by atoms with Crippen molar-refractivity contribution in [3.8, 4) is 5.75 Å². The number of nitrogens with zero attached hydrogens (tertiary/aromatic N) is 1. The molecular weight excluding hydrogens is 340 g/mol. The number of ether oxygens (including phenoxy) is 1. The maximum atomic E-state index is 12.7. The van der Waals surface area contributed by atoms with E-state index < -0.39 is 0 Å². The second-order valence-electron chi connectivity index (χ2n) is 7.94. The number of amides is 2. The van der Waals surface area contributed by atoms with Gasteiger partial charge in [-0.15, -0.1) is 0 Å². The molecular formula is C22H32N2O3. The summed E-state index contributed by atoms with van der Waals surface area (Å²) >= 11 is 0. The molecule has 1 atom stereocenters. The summed E-state index contributed by atoms with van der Waals surface area (Å²) in [6.07, 6.45) is 4.78. The summed E-state index contributed by atoms with van der Waals surface area (Å²) in [6, 6.07) is 8.07. The second-order valence-corrected chi connectivity index (χ2v) is 7.94. The number of carbonyl (C=O) groups excluding carboxylic acids is 2. The molecule has 0 radical (unpaired) electrons. The van der Waals surface area contributed by atoms with Crippen LogP contribution in [0.25, 0.3) is 0 Å². The molecule has 2 aliphatic rings. The topological polar surface area (TPSA) is 58.6 Å². The van der Waals surface area contributed by atoms with Crippen molar-refractivity contribution in [3.63, 3.8) is 0 Å². The standard InChI is InChI=1S/C22H32N2O3/c1-4-16(5-2)21(26)24-12-10-22(11-13-24)15-17(14-20(25)23-3)18-8-6-7-9-19(18)27-22/h6-9,16-17H,4-5,10-15H2,1-3H3,(H,23,25)/t17-/m0/s1. The Hall–Kier alpha value is -2.04. The van der Waals surface area contributed by atoms with Gasteiger partial charge in [0.2, 0.25) is 11.8 Å². The fraction of sp³-hybridized carbons (Fsp3) is 0.636. The fourth-order valence-electron chi connectivity index (χ4n) is 4.59. The van der Waals surface area contributed by atoms with Gasteiger partial charge in [0.25, 0.3) is 0 Å². The average Bonchev–Trinajstić information content (AvgIpc) is 2.69. The number of rotatable bonds is 5. The van der Waals surface area contributed by atoms with E-state index in [2.05, 4.69) is 25.2 Å². The largest absolute Gasteiger partial charge is 0.487 e. The maximum Gasteiger partial charge on any atom is 0.225 e. The Morgan fingerprint density at radius 3 is 2.52 bits per heavy atom. The molecule has 148 valence electrons. The minimum Gasteiger partial charge on any atom is -0.487 e. The molecule has 5 heteroatoms. The molecule has 0 bridgehead atoms. The van der Waals surface area contributed by atoms with Crippen LogP contribution in [-0.2, 0) is 9.59 Å². The molecule has 2 amide bonds. The maximum absolute atomic E-state index is 12.7. The van der Waals surface area contributed by atoms with Crippen LogP contribution >= 0.6 is 0 Å². The van der Waals surface area contributed by atoms with E-state index in [9.17, 15) is 9.59 Å². The Labute approximate surface area is 162 Å². The molecule has 0 aromatic heterocycles. The monoisotopic (exact) mass is 372 g/mol. The van der Waals surface area contributed by atoms with Crippen molar-refractivity contribution in [2.45, 2.75) is 63.9 Å². The molecule has 1 fully saturated rings. The minimum atomic E-state index is -0.266. The highest BCUT2D eigenvalue weighted by Crippen LogP contribution is 2.46. The molecule has 1 saturated heterocycles. The van der Waals surface area contributed by atoms with E-state index in [0.717, 1.165) is 56.5 Å². The summed E-state index contributed by atoms with van der Waals surface area (Å²) in [5.74, 6) is 1.54. The number of likely N-dealkylation sites (tertiary alicyclic amines) is 1. The summed E-state index contributed by atoms with van der Waals surface area (Å²) < 4.78 is 6.48. The molecule has 27 heavy (non-hydrogen) atoms. The van der Waals surface area contributed by atoms with Crippen LogP contribution in [0.1, 0.15) is 63.9 Å². The summed E-state index contributed by atoms with van der Waals surface area (Å²) in [4.78, 5) is 26.8. The van der Waals surface area contributed by atoms with Gasteiger partial charge < -0.3 is 15.0 Å². The van der Waals surface area contributed by atoms with Gasteiger partial charge in [-0.3, -0.25) is 9.59 Å². The number of hydrogen-bond donors (Lipinski definition) is 1. The van der Waals surface area contributed by atoms with Gasteiger partial charge in [-0.05, 0) is 30.9 Å². The van der Waals surface area contributed by atoms with Crippen LogP contribution in [0.5, 0.6) is 5.75 Å². The molecule has 3 rings (SSSR count). The Morgan fingerprint density at radius 2 is 1.89 bits per heavy atom. The van der Waals surface area contributed by atoms with E-state index in [1.165, 1.54) is 0 Å². The van der Waals surface area contributed by atoms with Gasteiger partial charge >= 0.3 is 0 Å². The first-order valence-electron chi connectivity index (χ1n) is 10.3. The predicted octanol–water partition coefficient (Wildman–Crippen LogP) is 3.49. The smallest absolute Gasteiger partial charge is 0.225 e. The highest BCUT2D eigenvalue weighted by Gasteiger charge is 2.44. The van der Waals surface area contributed by atoms with Crippen molar-refractivity contribution in [1.82, 2.24) is 10.2 Å². The van der Waals surface area contributed by atoms with Crippen LogP contribution in [0.15, 0.2) is 24.3 Å². The number of nitrogens with one attached hydrogen (secondary N) is 1. The number of hydrogen-bond acceptors (Lipinski definition) is 3. The van der Waals surface area contributed by atoms with Gasteiger partial charge in [-0.25, -0.2) is 0 Å². The van der Waals surface area contributed by atoms with Crippen molar-refractivity contribution in [2.75, 3.05) is 20.1 Å². The van der Waals surface area contributed by atoms with Crippen LogP contribution < -0.4 is 10.1 Å². The minimum absolute atomic E-state index is 0.0631. The lowest BCUT2D eigenvalue weighted by molar-refractivity contribution is -0.139. The zero-order valence-corrected chi connectivity index (χ0v) is 16.8. The van der Waals surface area contributed by atoms with Gasteiger partial charge in [0.15, 0.2) is 0 Å². The van der Waals surface area contributed by atoms with Gasteiger partial charge in [-0.1, -0.05) is 32.0 Å². The van der Waals surface area contributed by atoms with Gasteiger partial charge in [0, 0.05) is 51.2 Å². The van der Waals surface area contributed by atoms with Crippen LogP contribution in [0, 0.1) is 5.92 Å². The Morgan fingerprint density at radius 1 is 1.22 bits per heavy atom. The summed E-state index contributed by atoms with van der Waals surface area (Å²) in [5.41, 5.74) is 0.861. The first-order chi connectivity index (χ1) is 13.0. The molecule has 1 aromatic carbocycles. The predicted molar refractivity (Wildman–Crippen MR) is 106 cm³/mol. The lowest BCUT2D eigenvalue weighted by Crippen LogP contribution is -2.52. The third-order valence-corrected chi connectivity index (χ3v) is 6.34. The zero-order valence-electron chi connectivity index (χ0n) is 16.8. The molecule has 5 nitrogen and oxygen atoms in total. The van der Waals surface area contributed by atoms with Crippen molar-refractivity contribution in [3.05, 3.63) is 29.8 Å². The van der Waals surface area contributed by atoms with Crippen molar-refractivity contribution >= 4 is 11.8 Å². The second kappa shape index (κ2) is 8.32. The number of piperidine rings is 1. The van der Waals surface area contributed by atoms with Gasteiger partial charge in [-0.2, -0.15) is 0 Å². The third-order valence-electron chi connectivity index (χ3n) is 6.34. The van der Waals surface area contributed by atoms with E-state index in [-0.39, 0.29) is 29.3 Å². The Balaban J connectivity index is 1.74. The molecule has 1 aromatic rings. The van der Waals surface area contributed by atoms with Crippen LogP contribution in [-0.4, -0.2) is 42.5 Å². The number of para-hydroxylation sites is 1. The molecule has 2 heterocycles. The molecule has 0 unspecified atom stereocenters. The van der Waals surface area contributed by atoms with E-state index in [1.807, 2.05) is 23.1 Å². The lowest BCUT2D eigenvalue weighted by Gasteiger charge is -2.47. The molecule has 0 aliphatic carbocycles. The normalized spacial score (nSPS) is 20.9. The molecule has 0 saturated carbocycles. The Bertz CT molecular complexity index is 676. The molecule has 2 aliphatic heterocycles. The quantitative estimate of drug-likeness (QED) is 0.861. The Kier molecular flexibility index (Phi) is 6.08. The van der Waals surface area contributed by atoms with Crippen LogP contribution in [0.3, 0.4) is 0 Å². The highest BCUT2D eigenvalue weighted by molar-refractivity contribution is 5.79. The first kappa shape index (κ1) is 19.7. The van der Waals surface area contributed by atoms with Crippen molar-refractivity contribution < 1.29 is 14.3 Å². The fourth-order valence-corrected chi connectivity index (χ4v) is 4.59. The SMILES string of the molecule is CCC(CC)C(=O)N1CCC2(CC1)C[C@H](CC(=O)NC)c1ccccc1O2. The number of carbonyl (C=O) groups is 2. The van der Waals surface area contributed by atoms with Gasteiger partial charge in [0.05, 0.1) is 0 Å². The summed E-state index contributed by atoms with van der Waals surface area (Å²) in [7, 11) is 1.69. The molecule has 1 spiro atoms. The highest BCUT2D eigenvalue weighted by atomic mass is 16.5. The third kappa shape index (κ3) is 4.12. The zero-order chi connectivity index (χ0) is 19.4. The van der Waals surface area contributed by atoms with Gasteiger partial charge in [0.1, 0.15) is 11.4 Å².